The maximum atomic E-state index is 12.7. The summed E-state index contributed by atoms with van der Waals surface area (Å²) in [7, 11) is 0. The van der Waals surface area contributed by atoms with Gasteiger partial charge in [0.05, 0.1) is 12.1 Å². The number of amides is 2. The summed E-state index contributed by atoms with van der Waals surface area (Å²) in [6.07, 6.45) is 0. The van der Waals surface area contributed by atoms with Gasteiger partial charge in [0.2, 0.25) is 5.91 Å². The highest BCUT2D eigenvalue weighted by Gasteiger charge is 2.24. The molecule has 0 saturated carbocycles. The summed E-state index contributed by atoms with van der Waals surface area (Å²) in [6.45, 7) is 9.47. The van der Waals surface area contributed by atoms with Crippen molar-refractivity contribution in [2.75, 3.05) is 19.7 Å². The molecular weight excluding hydrogens is 366 g/mol. The fourth-order valence-electron chi connectivity index (χ4n) is 2.69. The van der Waals surface area contributed by atoms with Crippen LogP contribution in [-0.2, 0) is 14.3 Å². The van der Waals surface area contributed by atoms with E-state index in [0.717, 1.165) is 26.8 Å². The molecule has 0 saturated heterocycles. The van der Waals surface area contributed by atoms with Gasteiger partial charge in [-0.05, 0) is 52.3 Å². The summed E-state index contributed by atoms with van der Waals surface area (Å²) in [4.78, 5) is 36.9. The van der Waals surface area contributed by atoms with E-state index in [-0.39, 0.29) is 12.5 Å². The first-order valence-corrected chi connectivity index (χ1v) is 9.53. The highest BCUT2D eigenvalue weighted by molar-refractivity contribution is 7.15. The van der Waals surface area contributed by atoms with Crippen LogP contribution in [0.5, 0.6) is 0 Å². The van der Waals surface area contributed by atoms with E-state index in [1.54, 1.807) is 6.92 Å². The normalized spacial score (nSPS) is 10.6. The molecule has 0 aliphatic rings. The van der Waals surface area contributed by atoms with Crippen LogP contribution in [0.4, 0.5) is 0 Å². The number of likely N-dealkylation sites (N-methyl/N-ethyl adjacent to an activating group) is 1. The van der Waals surface area contributed by atoms with E-state index >= 15 is 0 Å². The van der Waals surface area contributed by atoms with Crippen molar-refractivity contribution in [2.24, 2.45) is 0 Å². The minimum absolute atomic E-state index is 0.145. The smallest absolute Gasteiger partial charge is 0.341 e. The Kier molecular flexibility index (Phi) is 6.79. The molecular formula is C19H25N3O4S. The Morgan fingerprint density at radius 2 is 1.67 bits per heavy atom. The predicted molar refractivity (Wildman–Crippen MR) is 105 cm³/mol. The molecule has 0 atom stereocenters. The van der Waals surface area contributed by atoms with E-state index in [9.17, 15) is 14.4 Å². The fourth-order valence-corrected chi connectivity index (χ4v) is 3.95. The maximum absolute atomic E-state index is 12.7. The van der Waals surface area contributed by atoms with Crippen molar-refractivity contribution in [2.45, 2.75) is 34.6 Å². The van der Waals surface area contributed by atoms with Gasteiger partial charge in [-0.3, -0.25) is 9.59 Å². The van der Waals surface area contributed by atoms with Gasteiger partial charge in [-0.25, -0.2) is 4.79 Å². The maximum Gasteiger partial charge on any atom is 0.341 e. The van der Waals surface area contributed by atoms with E-state index in [0.29, 0.717) is 12.1 Å². The van der Waals surface area contributed by atoms with E-state index in [2.05, 4.69) is 10.6 Å². The van der Waals surface area contributed by atoms with Gasteiger partial charge in [0.15, 0.2) is 6.61 Å². The van der Waals surface area contributed by atoms with E-state index in [1.807, 2.05) is 44.4 Å². The Hall–Kier alpha value is -2.61. The molecule has 2 amide bonds. The van der Waals surface area contributed by atoms with Gasteiger partial charge >= 0.3 is 5.97 Å². The molecule has 146 valence electrons. The summed E-state index contributed by atoms with van der Waals surface area (Å²) in [5.41, 5.74) is 3.34. The van der Waals surface area contributed by atoms with Crippen molar-refractivity contribution in [1.29, 1.82) is 0 Å². The number of aryl methyl sites for hydroxylation is 3. The van der Waals surface area contributed by atoms with Crippen LogP contribution in [-0.4, -0.2) is 42.0 Å². The Morgan fingerprint density at radius 3 is 2.26 bits per heavy atom. The quantitative estimate of drug-likeness (QED) is 0.708. The minimum atomic E-state index is -0.549. The molecule has 2 aromatic rings. The lowest BCUT2D eigenvalue weighted by molar-refractivity contribution is -0.127. The number of carbonyl (C=O) groups is 3. The first-order valence-electron chi connectivity index (χ1n) is 8.72. The molecule has 0 aliphatic heterocycles. The second kappa shape index (κ2) is 8.85. The number of hydrogen-bond donors (Lipinski definition) is 2. The number of esters is 1. The average molecular weight is 391 g/mol. The molecule has 27 heavy (non-hydrogen) atoms. The lowest BCUT2D eigenvalue weighted by Crippen LogP contribution is -2.38. The Balaban J connectivity index is 2.11. The van der Waals surface area contributed by atoms with Gasteiger partial charge in [0.1, 0.15) is 5.00 Å². The zero-order valence-electron chi connectivity index (χ0n) is 16.3. The molecule has 8 heteroatoms. The number of aromatic nitrogens is 1. The third-order valence-corrected chi connectivity index (χ3v) is 5.39. The molecule has 0 aromatic carbocycles. The molecule has 2 rings (SSSR count). The van der Waals surface area contributed by atoms with Crippen LogP contribution >= 0.6 is 11.3 Å². The summed E-state index contributed by atoms with van der Waals surface area (Å²) in [5.74, 6) is -1.36. The monoisotopic (exact) mass is 391 g/mol. The topological polar surface area (TPSA) is 89.4 Å². The number of thiophene rings is 1. The molecule has 0 unspecified atom stereocenters. The Morgan fingerprint density at radius 1 is 1.04 bits per heavy atom. The van der Waals surface area contributed by atoms with Crippen molar-refractivity contribution in [3.8, 4) is 5.00 Å². The zero-order chi connectivity index (χ0) is 20.1. The van der Waals surface area contributed by atoms with Gasteiger partial charge in [0.25, 0.3) is 5.91 Å². The van der Waals surface area contributed by atoms with Gasteiger partial charge in [-0.15, -0.1) is 11.3 Å². The third-order valence-electron chi connectivity index (χ3n) is 4.20. The largest absolute Gasteiger partial charge is 0.452 e. The third kappa shape index (κ3) is 4.77. The molecule has 0 spiro atoms. The van der Waals surface area contributed by atoms with Crippen molar-refractivity contribution in [3.63, 3.8) is 0 Å². The molecule has 2 heterocycles. The van der Waals surface area contributed by atoms with Crippen LogP contribution in [0.3, 0.4) is 0 Å². The molecule has 0 bridgehead atoms. The van der Waals surface area contributed by atoms with E-state index < -0.39 is 18.5 Å². The molecule has 0 radical (unpaired) electrons. The van der Waals surface area contributed by atoms with Gasteiger partial charge in [-0.1, -0.05) is 0 Å². The fraction of sp³-hybridized carbons (Fsp3) is 0.421. The lowest BCUT2D eigenvalue weighted by Gasteiger charge is -2.11. The van der Waals surface area contributed by atoms with Crippen LogP contribution in [0.15, 0.2) is 12.1 Å². The second-order valence-electron chi connectivity index (χ2n) is 6.22. The van der Waals surface area contributed by atoms with Gasteiger partial charge in [0, 0.05) is 22.8 Å². The predicted octanol–water partition coefficient (Wildman–Crippen LogP) is 2.18. The summed E-state index contributed by atoms with van der Waals surface area (Å²) in [5, 5.41) is 5.79. The highest BCUT2D eigenvalue weighted by Crippen LogP contribution is 2.33. The number of nitrogens with one attached hydrogen (secondary N) is 2. The number of hydrogen-bond acceptors (Lipinski definition) is 5. The SMILES string of the molecule is CCNC(=O)CNC(=O)COC(=O)c1c(-n2c(C)ccc2C)sc(C)c1C. The van der Waals surface area contributed by atoms with Crippen molar-refractivity contribution >= 4 is 29.1 Å². The average Bonchev–Trinajstić information content (AvgIpc) is 3.10. The number of nitrogens with zero attached hydrogens (tertiary/aromatic N) is 1. The van der Waals surface area contributed by atoms with Crippen LogP contribution in [0, 0.1) is 27.7 Å². The van der Waals surface area contributed by atoms with Gasteiger partial charge in [-0.2, -0.15) is 0 Å². The van der Waals surface area contributed by atoms with Crippen molar-refractivity contribution in [3.05, 3.63) is 39.5 Å². The Labute approximate surface area is 162 Å². The molecule has 7 nitrogen and oxygen atoms in total. The molecule has 0 aliphatic carbocycles. The number of ether oxygens (including phenoxy) is 1. The van der Waals surface area contributed by atoms with E-state index in [1.165, 1.54) is 11.3 Å². The standard InChI is InChI=1S/C19H25N3O4S/c1-6-20-15(23)9-21-16(24)10-26-19(25)17-13(4)14(5)27-18(17)22-11(2)7-8-12(22)3/h7-8H,6,9-10H2,1-5H3,(H,20,23)(H,21,24). The van der Waals surface area contributed by atoms with Crippen molar-refractivity contribution < 1.29 is 19.1 Å². The molecule has 2 aromatic heterocycles. The van der Waals surface area contributed by atoms with Crippen LogP contribution < -0.4 is 10.6 Å². The Bertz CT molecular complexity index is 847. The van der Waals surface area contributed by atoms with Crippen molar-refractivity contribution in [1.82, 2.24) is 15.2 Å². The van der Waals surface area contributed by atoms with Gasteiger partial charge < -0.3 is 19.9 Å². The summed E-state index contributed by atoms with van der Waals surface area (Å²) in [6, 6.07) is 3.98. The zero-order valence-corrected chi connectivity index (χ0v) is 17.1. The van der Waals surface area contributed by atoms with Crippen LogP contribution in [0.25, 0.3) is 5.00 Å². The number of rotatable bonds is 7. The molecule has 2 N–H and O–H groups in total. The number of carbonyl (C=O) groups excluding carboxylic acids is 3. The molecule has 0 fully saturated rings. The van der Waals surface area contributed by atoms with Crippen LogP contribution in [0.2, 0.25) is 0 Å². The summed E-state index contributed by atoms with van der Waals surface area (Å²) < 4.78 is 7.22. The lowest BCUT2D eigenvalue weighted by atomic mass is 10.1. The highest BCUT2D eigenvalue weighted by atomic mass is 32.1. The second-order valence-corrected chi connectivity index (χ2v) is 7.42. The first kappa shape index (κ1) is 20.7. The summed E-state index contributed by atoms with van der Waals surface area (Å²) >= 11 is 1.52. The minimum Gasteiger partial charge on any atom is -0.452 e. The van der Waals surface area contributed by atoms with E-state index in [4.69, 9.17) is 4.74 Å². The van der Waals surface area contributed by atoms with Crippen LogP contribution in [0.1, 0.15) is 39.1 Å². The first-order chi connectivity index (χ1) is 12.8.